The first-order chi connectivity index (χ1) is 11.0. The summed E-state index contributed by atoms with van der Waals surface area (Å²) in [6, 6.07) is 13.6. The van der Waals surface area contributed by atoms with E-state index < -0.39 is 16.0 Å². The van der Waals surface area contributed by atoms with E-state index in [1.807, 2.05) is 24.3 Å². The number of carbonyl (C=O) groups is 1. The molecule has 1 unspecified atom stereocenters. The number of ether oxygens (including phenoxy) is 1. The third-order valence-corrected chi connectivity index (χ3v) is 5.54. The van der Waals surface area contributed by atoms with Gasteiger partial charge >= 0.3 is 5.97 Å². The van der Waals surface area contributed by atoms with E-state index in [2.05, 4.69) is 9.46 Å². The van der Waals surface area contributed by atoms with Crippen LogP contribution in [-0.4, -0.2) is 21.5 Å². The minimum absolute atomic E-state index is 0.0359. The lowest BCUT2D eigenvalue weighted by atomic mass is 10.1. The van der Waals surface area contributed by atoms with Gasteiger partial charge in [-0.2, -0.15) is 0 Å². The highest BCUT2D eigenvalue weighted by molar-refractivity contribution is 7.89. The molecule has 3 rings (SSSR count). The number of methoxy groups -OCH3 is 1. The fourth-order valence-electron chi connectivity index (χ4n) is 2.91. The normalized spacial score (nSPS) is 16.8. The summed E-state index contributed by atoms with van der Waals surface area (Å²) in [5.74, 6) is -0.669. The lowest BCUT2D eigenvalue weighted by Gasteiger charge is -2.16. The van der Waals surface area contributed by atoms with Crippen molar-refractivity contribution in [1.29, 1.82) is 0 Å². The van der Waals surface area contributed by atoms with Crippen LogP contribution >= 0.6 is 0 Å². The monoisotopic (exact) mass is 331 g/mol. The first kappa shape index (κ1) is 15.7. The number of sulfonamides is 1. The Bertz CT molecular complexity index is 845. The molecular weight excluding hydrogens is 314 g/mol. The van der Waals surface area contributed by atoms with Crippen molar-refractivity contribution >= 4 is 16.0 Å². The van der Waals surface area contributed by atoms with Crippen molar-refractivity contribution in [3.05, 3.63) is 65.2 Å². The molecule has 6 heteroatoms. The fourth-order valence-corrected chi connectivity index (χ4v) is 4.35. The van der Waals surface area contributed by atoms with E-state index in [0.717, 1.165) is 17.5 Å². The summed E-state index contributed by atoms with van der Waals surface area (Å²) in [5, 5.41) is 0. The molecule has 0 bridgehead atoms. The van der Waals surface area contributed by atoms with Crippen LogP contribution in [0.15, 0.2) is 53.4 Å². The summed E-state index contributed by atoms with van der Waals surface area (Å²) >= 11 is 0. The highest BCUT2D eigenvalue weighted by Gasteiger charge is 2.29. The largest absolute Gasteiger partial charge is 0.465 e. The van der Waals surface area contributed by atoms with Gasteiger partial charge in [0.25, 0.3) is 0 Å². The standard InChI is InChI=1S/C17H17NO4S/c1-22-17(19)14-8-4-5-9-16(14)23(20,21)18-15-11-10-12-6-2-3-7-13(12)15/h2-9,15,18H,10-11H2,1H3. The second-order valence-electron chi connectivity index (χ2n) is 5.40. The Hall–Kier alpha value is -2.18. The number of hydrogen-bond donors (Lipinski definition) is 1. The van der Waals surface area contributed by atoms with Crippen LogP contribution in [-0.2, 0) is 21.2 Å². The maximum absolute atomic E-state index is 12.7. The van der Waals surface area contributed by atoms with E-state index in [1.54, 1.807) is 12.1 Å². The van der Waals surface area contributed by atoms with Crippen molar-refractivity contribution in [2.75, 3.05) is 7.11 Å². The van der Waals surface area contributed by atoms with Gasteiger partial charge in [0.1, 0.15) is 0 Å². The fraction of sp³-hybridized carbons (Fsp3) is 0.235. The summed E-state index contributed by atoms with van der Waals surface area (Å²) in [6.07, 6.45) is 1.54. The number of nitrogens with one attached hydrogen (secondary N) is 1. The zero-order chi connectivity index (χ0) is 16.4. The zero-order valence-electron chi connectivity index (χ0n) is 12.7. The summed E-state index contributed by atoms with van der Waals surface area (Å²) in [6.45, 7) is 0. The number of esters is 1. The number of carbonyl (C=O) groups excluding carboxylic acids is 1. The molecule has 0 aromatic heterocycles. The molecule has 0 spiro atoms. The van der Waals surface area contributed by atoms with Crippen molar-refractivity contribution < 1.29 is 17.9 Å². The third kappa shape index (κ3) is 3.00. The van der Waals surface area contributed by atoms with Gasteiger partial charge in [-0.25, -0.2) is 17.9 Å². The molecule has 0 radical (unpaired) electrons. The van der Waals surface area contributed by atoms with Gasteiger partial charge in [0.05, 0.1) is 17.6 Å². The maximum atomic E-state index is 12.7. The molecule has 120 valence electrons. The third-order valence-electron chi connectivity index (χ3n) is 4.01. The quantitative estimate of drug-likeness (QED) is 0.874. The van der Waals surface area contributed by atoms with E-state index in [9.17, 15) is 13.2 Å². The van der Waals surface area contributed by atoms with Gasteiger partial charge in [-0.15, -0.1) is 0 Å². The van der Waals surface area contributed by atoms with E-state index >= 15 is 0 Å². The number of aryl methyl sites for hydroxylation is 1. The molecular formula is C17H17NO4S. The summed E-state index contributed by atoms with van der Waals surface area (Å²) in [7, 11) is -2.59. The lowest BCUT2D eigenvalue weighted by Crippen LogP contribution is -2.28. The van der Waals surface area contributed by atoms with Crippen LogP contribution in [0.5, 0.6) is 0 Å². The number of hydrogen-bond acceptors (Lipinski definition) is 4. The number of rotatable bonds is 4. The smallest absolute Gasteiger partial charge is 0.339 e. The van der Waals surface area contributed by atoms with Crippen LogP contribution in [0.25, 0.3) is 0 Å². The Labute approximate surface area is 135 Å². The molecule has 0 heterocycles. The van der Waals surface area contributed by atoms with Crippen LogP contribution in [0.4, 0.5) is 0 Å². The summed E-state index contributed by atoms with van der Waals surface area (Å²) in [5.41, 5.74) is 2.18. The van der Waals surface area contributed by atoms with Crippen LogP contribution in [0.3, 0.4) is 0 Å². The summed E-state index contributed by atoms with van der Waals surface area (Å²) < 4.78 is 32.8. The van der Waals surface area contributed by atoms with Gasteiger partial charge in [0.15, 0.2) is 0 Å². The molecule has 0 saturated carbocycles. The van der Waals surface area contributed by atoms with Crippen molar-refractivity contribution in [2.24, 2.45) is 0 Å². The molecule has 0 aliphatic heterocycles. The van der Waals surface area contributed by atoms with E-state index in [0.29, 0.717) is 6.42 Å². The molecule has 0 saturated heterocycles. The van der Waals surface area contributed by atoms with Gasteiger partial charge < -0.3 is 4.74 Å². The van der Waals surface area contributed by atoms with E-state index in [-0.39, 0.29) is 16.5 Å². The van der Waals surface area contributed by atoms with Gasteiger partial charge in [-0.1, -0.05) is 36.4 Å². The van der Waals surface area contributed by atoms with Gasteiger partial charge in [0, 0.05) is 6.04 Å². The minimum atomic E-state index is -3.82. The van der Waals surface area contributed by atoms with Crippen LogP contribution in [0, 0.1) is 0 Å². The molecule has 0 amide bonds. The number of benzene rings is 2. The molecule has 5 nitrogen and oxygen atoms in total. The van der Waals surface area contributed by atoms with Crippen LogP contribution < -0.4 is 4.72 Å². The molecule has 1 aliphatic carbocycles. The van der Waals surface area contributed by atoms with Crippen LogP contribution in [0.2, 0.25) is 0 Å². The average Bonchev–Trinajstić information content (AvgIpc) is 2.97. The van der Waals surface area contributed by atoms with Gasteiger partial charge in [-0.05, 0) is 36.1 Å². The minimum Gasteiger partial charge on any atom is -0.465 e. The second kappa shape index (κ2) is 6.14. The van der Waals surface area contributed by atoms with Crippen molar-refractivity contribution in [3.8, 4) is 0 Å². The Balaban J connectivity index is 1.94. The Morgan fingerprint density at radius 1 is 1.13 bits per heavy atom. The highest BCUT2D eigenvalue weighted by atomic mass is 32.2. The zero-order valence-corrected chi connectivity index (χ0v) is 13.5. The predicted octanol–water partition coefficient (Wildman–Crippen LogP) is 2.44. The summed E-state index contributed by atoms with van der Waals surface area (Å²) in [4.78, 5) is 11.7. The highest BCUT2D eigenvalue weighted by Crippen LogP contribution is 2.32. The molecule has 2 aromatic carbocycles. The average molecular weight is 331 g/mol. The molecule has 2 aromatic rings. The lowest BCUT2D eigenvalue weighted by molar-refractivity contribution is 0.0596. The predicted molar refractivity (Wildman–Crippen MR) is 85.6 cm³/mol. The molecule has 1 aliphatic rings. The van der Waals surface area contributed by atoms with E-state index in [4.69, 9.17) is 0 Å². The van der Waals surface area contributed by atoms with Crippen molar-refractivity contribution in [3.63, 3.8) is 0 Å². The van der Waals surface area contributed by atoms with E-state index in [1.165, 1.54) is 19.2 Å². The SMILES string of the molecule is COC(=O)c1ccccc1S(=O)(=O)NC1CCc2ccccc21. The maximum Gasteiger partial charge on any atom is 0.339 e. The first-order valence-corrected chi connectivity index (χ1v) is 8.79. The topological polar surface area (TPSA) is 72.5 Å². The first-order valence-electron chi connectivity index (χ1n) is 7.30. The Morgan fingerprint density at radius 3 is 2.61 bits per heavy atom. The molecule has 1 atom stereocenters. The molecule has 0 fully saturated rings. The molecule has 23 heavy (non-hydrogen) atoms. The molecule has 1 N–H and O–H groups in total. The van der Waals surface area contributed by atoms with Gasteiger partial charge in [0.2, 0.25) is 10.0 Å². The second-order valence-corrected chi connectivity index (χ2v) is 7.08. The van der Waals surface area contributed by atoms with Crippen molar-refractivity contribution in [1.82, 2.24) is 4.72 Å². The van der Waals surface area contributed by atoms with Gasteiger partial charge in [-0.3, -0.25) is 0 Å². The number of fused-ring (bicyclic) bond motifs is 1. The Morgan fingerprint density at radius 2 is 1.83 bits per heavy atom. The van der Waals surface area contributed by atoms with Crippen molar-refractivity contribution in [2.45, 2.75) is 23.8 Å². The Kier molecular flexibility index (Phi) is 4.19. The van der Waals surface area contributed by atoms with Crippen LogP contribution in [0.1, 0.15) is 33.9 Å².